The summed E-state index contributed by atoms with van der Waals surface area (Å²) in [5.74, 6) is -2.44. The van der Waals surface area contributed by atoms with Crippen LogP contribution in [0.4, 0.5) is 0 Å². The van der Waals surface area contributed by atoms with Gasteiger partial charge in [-0.3, -0.25) is 9.97 Å². The van der Waals surface area contributed by atoms with Crippen molar-refractivity contribution < 1.29 is 50.2 Å². The van der Waals surface area contributed by atoms with Crippen LogP contribution in [0.5, 0.6) is 0 Å². The molecule has 0 saturated carbocycles. The molecule has 0 fully saturated rings. The molecule has 0 amide bonds. The van der Waals surface area contributed by atoms with Crippen LogP contribution in [0, 0.1) is 0 Å². The Morgan fingerprint density at radius 2 is 1.14 bits per heavy atom. The molecule has 9 heteroatoms. The molecular formula is C20H29N2O6Zn+. The largest absolute Gasteiger partial charge is 2.00 e. The van der Waals surface area contributed by atoms with Gasteiger partial charge in [-0.2, -0.15) is 0 Å². The van der Waals surface area contributed by atoms with E-state index in [0.29, 0.717) is 0 Å². The molecule has 0 aliphatic rings. The van der Waals surface area contributed by atoms with E-state index >= 15 is 0 Å². The maximum Gasteiger partial charge on any atom is 2.00 e. The van der Waals surface area contributed by atoms with Crippen LogP contribution in [0.2, 0.25) is 0 Å². The molecule has 0 aliphatic heterocycles. The molecule has 0 radical (unpaired) electrons. The van der Waals surface area contributed by atoms with Crippen LogP contribution in [0.3, 0.4) is 0 Å². The first-order chi connectivity index (χ1) is 12.5. The zero-order chi connectivity index (χ0) is 19.4. The fraction of sp³-hybridized carbons (Fsp3) is 0.400. The molecule has 2 heterocycles. The van der Waals surface area contributed by atoms with Crippen molar-refractivity contribution in [2.45, 2.75) is 52.4 Å². The van der Waals surface area contributed by atoms with E-state index in [4.69, 9.17) is 0 Å². The van der Waals surface area contributed by atoms with E-state index < -0.39 is 11.9 Å². The Balaban J connectivity index is -0.000000422. The number of hydrogen-bond acceptors (Lipinski definition) is 6. The predicted octanol–water partition coefficient (Wildman–Crippen LogP) is -0.174. The summed E-state index contributed by atoms with van der Waals surface area (Å²) in [5, 5.41) is 20.7. The number of carbonyl (C=O) groups is 2. The second-order valence-corrected chi connectivity index (χ2v) is 5.89. The van der Waals surface area contributed by atoms with Crippen molar-refractivity contribution in [1.82, 2.24) is 9.97 Å². The van der Waals surface area contributed by atoms with Gasteiger partial charge in [0.05, 0.1) is 23.3 Å². The van der Waals surface area contributed by atoms with Gasteiger partial charge >= 0.3 is 19.5 Å². The summed E-state index contributed by atoms with van der Waals surface area (Å²) in [6.45, 7) is 4.23. The molecule has 5 N–H and O–H groups in total. The van der Waals surface area contributed by atoms with E-state index in [1.165, 1.54) is 12.1 Å². The number of aromatic nitrogens is 2. The van der Waals surface area contributed by atoms with Crippen LogP contribution in [0.15, 0.2) is 36.7 Å². The topological polar surface area (TPSA) is 171 Å². The number of carboxylic acid groups (broad SMARTS) is 2. The van der Waals surface area contributed by atoms with E-state index in [1.54, 1.807) is 24.5 Å². The minimum atomic E-state index is -1.22. The van der Waals surface area contributed by atoms with Gasteiger partial charge in [0.1, 0.15) is 0 Å². The van der Waals surface area contributed by atoms with Crippen molar-refractivity contribution >= 4 is 11.9 Å². The van der Waals surface area contributed by atoms with Gasteiger partial charge in [0, 0.05) is 12.4 Å². The zero-order valence-electron chi connectivity index (χ0n) is 17.0. The average molecular weight is 459 g/mol. The van der Waals surface area contributed by atoms with Crippen LogP contribution in [-0.2, 0) is 37.8 Å². The first-order valence-electron chi connectivity index (χ1n) is 8.80. The summed E-state index contributed by atoms with van der Waals surface area (Å²) in [7, 11) is 0. The SMILES string of the molecule is CCCCc1ccc(C(=O)[O-])nc1.CCCCc1ccc(C(=O)[O-])nc1.O.[OH3+].[Zn+2]. The van der Waals surface area contributed by atoms with Crippen molar-refractivity contribution in [1.29, 1.82) is 0 Å². The Bertz CT molecular complexity index is 632. The molecule has 2 rings (SSSR count). The van der Waals surface area contributed by atoms with Gasteiger partial charge in [0.2, 0.25) is 0 Å². The zero-order valence-corrected chi connectivity index (χ0v) is 20.0. The Morgan fingerprint density at radius 3 is 1.34 bits per heavy atom. The molecule has 2 aromatic heterocycles. The smallest absolute Gasteiger partial charge is 0.543 e. The van der Waals surface area contributed by atoms with Crippen LogP contribution >= 0.6 is 0 Å². The fourth-order valence-electron chi connectivity index (χ4n) is 2.15. The molecule has 0 bridgehead atoms. The monoisotopic (exact) mass is 457 g/mol. The number of hydrogen-bond donors (Lipinski definition) is 0. The Morgan fingerprint density at radius 1 is 0.793 bits per heavy atom. The van der Waals surface area contributed by atoms with Gasteiger partial charge in [-0.15, -0.1) is 0 Å². The molecular weight excluding hydrogens is 430 g/mol. The third kappa shape index (κ3) is 12.8. The van der Waals surface area contributed by atoms with Gasteiger partial charge in [-0.05, 0) is 48.9 Å². The first-order valence-corrected chi connectivity index (χ1v) is 8.80. The minimum Gasteiger partial charge on any atom is -0.543 e. The Hall–Kier alpha value is -2.22. The predicted molar refractivity (Wildman–Crippen MR) is 103 cm³/mol. The third-order valence-electron chi connectivity index (χ3n) is 3.71. The Kier molecular flexibility index (Phi) is 19.4. The summed E-state index contributed by atoms with van der Waals surface area (Å²) < 4.78 is 0. The van der Waals surface area contributed by atoms with Gasteiger partial charge in [0.25, 0.3) is 0 Å². The number of aryl methyl sites for hydroxylation is 2. The quantitative estimate of drug-likeness (QED) is 0.392. The van der Waals surface area contributed by atoms with Crippen molar-refractivity contribution in [3.8, 4) is 0 Å². The van der Waals surface area contributed by atoms with Crippen LogP contribution in [0.1, 0.15) is 71.6 Å². The van der Waals surface area contributed by atoms with Crippen LogP contribution < -0.4 is 10.2 Å². The van der Waals surface area contributed by atoms with Crippen molar-refractivity contribution in [2.75, 3.05) is 0 Å². The summed E-state index contributed by atoms with van der Waals surface area (Å²) >= 11 is 0. The summed E-state index contributed by atoms with van der Waals surface area (Å²) in [5.41, 5.74) is 2.15. The van der Waals surface area contributed by atoms with Crippen LogP contribution in [0.25, 0.3) is 0 Å². The molecule has 0 spiro atoms. The molecule has 0 unspecified atom stereocenters. The normalized spacial score (nSPS) is 8.90. The van der Waals surface area contributed by atoms with Crippen molar-refractivity contribution in [2.24, 2.45) is 0 Å². The molecule has 2 aromatic rings. The van der Waals surface area contributed by atoms with Gasteiger partial charge in [-0.25, -0.2) is 0 Å². The molecule has 156 valence electrons. The van der Waals surface area contributed by atoms with E-state index in [2.05, 4.69) is 23.8 Å². The summed E-state index contributed by atoms with van der Waals surface area (Å²) in [6.07, 6.45) is 9.57. The standard InChI is InChI=1S/2C10H13NO2.2H2O.Zn/c2*1-2-3-4-8-5-6-9(10(12)13)11-7-8;;;/h2*5-7H,2-4H2,1H3,(H,12,13);2*1H2;/q;;;;+2/p-1. The van der Waals surface area contributed by atoms with E-state index in [-0.39, 0.29) is 41.8 Å². The second kappa shape index (κ2) is 17.9. The number of carbonyl (C=O) groups excluding carboxylic acids is 2. The number of rotatable bonds is 8. The maximum atomic E-state index is 10.4. The van der Waals surface area contributed by atoms with Gasteiger partial charge in [0.15, 0.2) is 0 Å². The van der Waals surface area contributed by atoms with Crippen molar-refractivity contribution in [3.63, 3.8) is 0 Å². The fourth-order valence-corrected chi connectivity index (χ4v) is 2.15. The average Bonchev–Trinajstić information content (AvgIpc) is 2.66. The molecule has 0 aliphatic carbocycles. The number of aromatic carboxylic acids is 2. The van der Waals surface area contributed by atoms with E-state index in [9.17, 15) is 19.8 Å². The molecule has 8 nitrogen and oxygen atoms in total. The second-order valence-electron chi connectivity index (χ2n) is 5.89. The molecule has 0 aromatic carbocycles. The minimum absolute atomic E-state index is 0. The maximum absolute atomic E-state index is 10.4. The molecule has 29 heavy (non-hydrogen) atoms. The Labute approximate surface area is 183 Å². The third-order valence-corrected chi connectivity index (χ3v) is 3.71. The molecule has 0 atom stereocenters. The summed E-state index contributed by atoms with van der Waals surface area (Å²) in [4.78, 5) is 28.2. The number of pyridine rings is 2. The van der Waals surface area contributed by atoms with Crippen LogP contribution in [-0.4, -0.2) is 27.4 Å². The van der Waals surface area contributed by atoms with E-state index in [0.717, 1.165) is 49.7 Å². The summed E-state index contributed by atoms with van der Waals surface area (Å²) in [6, 6.07) is 6.54. The van der Waals surface area contributed by atoms with Gasteiger partial charge < -0.3 is 30.8 Å². The van der Waals surface area contributed by atoms with Crippen molar-refractivity contribution in [3.05, 3.63) is 59.2 Å². The number of nitrogens with zero attached hydrogens (tertiary/aromatic N) is 2. The van der Waals surface area contributed by atoms with Gasteiger partial charge in [-0.1, -0.05) is 38.8 Å². The number of carboxylic acids is 2. The first kappa shape index (κ1) is 31.5. The van der Waals surface area contributed by atoms with E-state index in [1.807, 2.05) is 0 Å². The molecule has 0 saturated heterocycles. The number of unbranched alkanes of at least 4 members (excludes halogenated alkanes) is 2.